The predicted molar refractivity (Wildman–Crippen MR) is 51.7 cm³/mol. The summed E-state index contributed by atoms with van der Waals surface area (Å²) in [5.41, 5.74) is 3.16. The van der Waals surface area contributed by atoms with E-state index in [4.69, 9.17) is 0 Å². The van der Waals surface area contributed by atoms with Crippen LogP contribution >= 0.6 is 0 Å². The summed E-state index contributed by atoms with van der Waals surface area (Å²) < 4.78 is 0. The lowest BCUT2D eigenvalue weighted by Crippen LogP contribution is -2.00. The first-order valence-corrected chi connectivity index (χ1v) is 4.03. The fourth-order valence-electron chi connectivity index (χ4n) is 1.68. The van der Waals surface area contributed by atoms with Crippen molar-refractivity contribution < 1.29 is 5.48 Å². The van der Waals surface area contributed by atoms with Gasteiger partial charge in [0.25, 0.3) is 0 Å². The molecule has 12 heavy (non-hydrogen) atoms. The Balaban J connectivity index is 0.000000605. The van der Waals surface area contributed by atoms with Crippen molar-refractivity contribution in [2.75, 3.05) is 0 Å². The molecule has 0 fully saturated rings. The summed E-state index contributed by atoms with van der Waals surface area (Å²) in [4.78, 5) is 0. The van der Waals surface area contributed by atoms with Gasteiger partial charge in [-0.3, -0.25) is 0 Å². The third kappa shape index (κ3) is 2.06. The maximum absolute atomic E-state index is 2.26. The maximum atomic E-state index is 2.26. The molecular weight excluding hydrogens is 150 g/mol. The van der Waals surface area contributed by atoms with E-state index in [1.54, 1.807) is 11.1 Å². The molecule has 0 bridgehead atoms. The summed E-state index contributed by atoms with van der Waals surface area (Å²) in [5, 5.41) is 0. The van der Waals surface area contributed by atoms with Gasteiger partial charge in [0.15, 0.2) is 0 Å². The summed E-state index contributed by atoms with van der Waals surface area (Å²) in [6.07, 6.45) is 5.38. The van der Waals surface area contributed by atoms with Crippen LogP contribution in [0.25, 0.3) is 0 Å². The molecule has 0 atom stereocenters. The molecule has 1 aliphatic carbocycles. The first kappa shape index (κ1) is 11.1. The fraction of sp³-hybridized carbons (Fsp3) is 0.400. The Morgan fingerprint density at radius 3 is 1.67 bits per heavy atom. The van der Waals surface area contributed by atoms with Crippen LogP contribution in [0.5, 0.6) is 0 Å². The number of fused-ring (bicyclic) bond motifs is 1. The van der Waals surface area contributed by atoms with Crippen molar-refractivity contribution >= 4 is 0 Å². The largest absolute Gasteiger partial charge is 0.412 e. The van der Waals surface area contributed by atoms with Gasteiger partial charge in [0.1, 0.15) is 0 Å². The Bertz CT molecular complexity index is 210. The number of aryl methyl sites for hydroxylation is 2. The van der Waals surface area contributed by atoms with E-state index in [2.05, 4.69) is 24.3 Å². The van der Waals surface area contributed by atoms with Crippen molar-refractivity contribution in [1.29, 1.82) is 0 Å². The molecule has 0 heterocycles. The zero-order valence-electron chi connectivity index (χ0n) is 7.34. The molecule has 0 spiro atoms. The third-order valence-electron chi connectivity index (χ3n) is 2.26. The van der Waals surface area contributed by atoms with E-state index in [9.17, 15) is 0 Å². The fourth-order valence-corrected chi connectivity index (χ4v) is 1.68. The van der Waals surface area contributed by atoms with Crippen LogP contribution in [0.2, 0.25) is 0 Å². The van der Waals surface area contributed by atoms with Crippen LogP contribution in [-0.4, -0.2) is 5.48 Å². The van der Waals surface area contributed by atoms with Crippen molar-refractivity contribution in [3.05, 3.63) is 35.4 Å². The minimum Gasteiger partial charge on any atom is -0.412 e. The quantitative estimate of drug-likeness (QED) is 0.630. The van der Waals surface area contributed by atoms with E-state index in [1.165, 1.54) is 25.7 Å². The third-order valence-corrected chi connectivity index (χ3v) is 2.26. The van der Waals surface area contributed by atoms with E-state index >= 15 is 0 Å². The van der Waals surface area contributed by atoms with Crippen LogP contribution in [0.3, 0.4) is 0 Å². The summed E-state index contributed by atoms with van der Waals surface area (Å²) in [7, 11) is 0. The molecule has 2 nitrogen and oxygen atoms in total. The smallest absolute Gasteiger partial charge is 0.0276 e. The molecule has 5 N–H and O–H groups in total. The lowest BCUT2D eigenvalue weighted by atomic mass is 9.92. The first-order valence-electron chi connectivity index (χ1n) is 4.03. The Labute approximate surface area is 73.5 Å². The standard InChI is InChI=1S/C10H12.H3N.H2O/c1-2-6-10-8-4-3-7-9(10)5-1;;/h1-2,5-6H,3-4,7-8H2;1H3;1H2. The second-order valence-electron chi connectivity index (χ2n) is 2.98. The minimum atomic E-state index is 0. The Morgan fingerprint density at radius 1 is 0.833 bits per heavy atom. The van der Waals surface area contributed by atoms with Gasteiger partial charge in [-0.1, -0.05) is 24.3 Å². The van der Waals surface area contributed by atoms with Crippen molar-refractivity contribution in [3.63, 3.8) is 0 Å². The van der Waals surface area contributed by atoms with Crippen molar-refractivity contribution in [2.24, 2.45) is 0 Å². The average Bonchev–Trinajstić information content (AvgIpc) is 2.05. The van der Waals surface area contributed by atoms with Crippen molar-refractivity contribution in [2.45, 2.75) is 25.7 Å². The number of hydrogen-bond acceptors (Lipinski definition) is 1. The van der Waals surface area contributed by atoms with E-state index in [0.29, 0.717) is 0 Å². The Morgan fingerprint density at radius 2 is 1.25 bits per heavy atom. The highest BCUT2D eigenvalue weighted by Gasteiger charge is 2.05. The second-order valence-corrected chi connectivity index (χ2v) is 2.98. The van der Waals surface area contributed by atoms with Crippen LogP contribution in [0, 0.1) is 0 Å². The maximum Gasteiger partial charge on any atom is -0.0276 e. The molecule has 1 aromatic rings. The summed E-state index contributed by atoms with van der Waals surface area (Å²) in [6, 6.07) is 8.80. The second kappa shape index (κ2) is 4.91. The minimum absolute atomic E-state index is 0. The highest BCUT2D eigenvalue weighted by Crippen LogP contribution is 2.19. The molecule has 0 radical (unpaired) electrons. The zero-order chi connectivity index (χ0) is 6.81. The molecule has 1 aliphatic rings. The van der Waals surface area contributed by atoms with Gasteiger partial charge in [-0.25, -0.2) is 0 Å². The highest BCUT2D eigenvalue weighted by molar-refractivity contribution is 5.28. The van der Waals surface area contributed by atoms with Gasteiger partial charge in [0.05, 0.1) is 0 Å². The van der Waals surface area contributed by atoms with Gasteiger partial charge in [0, 0.05) is 0 Å². The van der Waals surface area contributed by atoms with E-state index in [1.807, 2.05) is 0 Å². The van der Waals surface area contributed by atoms with E-state index in [-0.39, 0.29) is 11.6 Å². The molecule has 0 amide bonds. The van der Waals surface area contributed by atoms with Gasteiger partial charge in [0.2, 0.25) is 0 Å². The van der Waals surface area contributed by atoms with Crippen LogP contribution < -0.4 is 6.15 Å². The molecule has 0 saturated carbocycles. The van der Waals surface area contributed by atoms with Crippen molar-refractivity contribution in [3.8, 4) is 0 Å². The SMILES string of the molecule is N.O.c1ccc2c(c1)CCCC2. The summed E-state index contributed by atoms with van der Waals surface area (Å²) >= 11 is 0. The van der Waals surface area contributed by atoms with Gasteiger partial charge >= 0.3 is 0 Å². The van der Waals surface area contributed by atoms with Gasteiger partial charge < -0.3 is 11.6 Å². The Kier molecular flexibility index (Phi) is 4.55. The molecule has 2 rings (SSSR count). The predicted octanol–water partition coefficient (Wildman–Crippen LogP) is 1.90. The number of benzene rings is 1. The molecule has 0 aliphatic heterocycles. The van der Waals surface area contributed by atoms with Gasteiger partial charge in [-0.05, 0) is 36.8 Å². The van der Waals surface area contributed by atoms with Crippen LogP contribution in [0.15, 0.2) is 24.3 Å². The lowest BCUT2D eigenvalue weighted by Gasteiger charge is -2.13. The van der Waals surface area contributed by atoms with Crippen LogP contribution in [0.1, 0.15) is 24.0 Å². The molecule has 0 saturated heterocycles. The number of rotatable bonds is 0. The molecule has 0 unspecified atom stereocenters. The Hall–Kier alpha value is -0.860. The molecule has 0 aromatic heterocycles. The van der Waals surface area contributed by atoms with Gasteiger partial charge in [-0.15, -0.1) is 0 Å². The molecule has 68 valence electrons. The summed E-state index contributed by atoms with van der Waals surface area (Å²) in [6.45, 7) is 0. The lowest BCUT2D eigenvalue weighted by molar-refractivity contribution is 0.685. The van der Waals surface area contributed by atoms with E-state index < -0.39 is 0 Å². The van der Waals surface area contributed by atoms with Crippen LogP contribution in [0.4, 0.5) is 0 Å². The molecule has 2 heteroatoms. The molecule has 1 aromatic carbocycles. The first-order chi connectivity index (χ1) is 4.97. The normalized spacial score (nSPS) is 13.7. The average molecular weight is 167 g/mol. The highest BCUT2D eigenvalue weighted by atomic mass is 16.0. The monoisotopic (exact) mass is 167 g/mol. The zero-order valence-corrected chi connectivity index (χ0v) is 7.34. The summed E-state index contributed by atoms with van der Waals surface area (Å²) in [5.74, 6) is 0. The van der Waals surface area contributed by atoms with E-state index in [0.717, 1.165) is 0 Å². The number of hydrogen-bond donors (Lipinski definition) is 1. The van der Waals surface area contributed by atoms with Gasteiger partial charge in [-0.2, -0.15) is 0 Å². The van der Waals surface area contributed by atoms with Crippen LogP contribution in [-0.2, 0) is 12.8 Å². The topological polar surface area (TPSA) is 66.5 Å². The molecular formula is C10H17NO. The van der Waals surface area contributed by atoms with Crippen molar-refractivity contribution in [1.82, 2.24) is 6.15 Å².